The summed E-state index contributed by atoms with van der Waals surface area (Å²) < 4.78 is 7.40. The lowest BCUT2D eigenvalue weighted by molar-refractivity contribution is 0.167. The van der Waals surface area contributed by atoms with Crippen molar-refractivity contribution in [3.8, 4) is 0 Å². The van der Waals surface area contributed by atoms with Crippen LogP contribution in [0.5, 0.6) is 0 Å². The first-order valence-electron chi connectivity index (χ1n) is 8.46. The molecule has 0 radical (unpaired) electrons. The highest BCUT2D eigenvalue weighted by atomic mass is 79.9. The summed E-state index contributed by atoms with van der Waals surface area (Å²) in [6.07, 6.45) is 1.21. The number of ether oxygens (including phenoxy) is 1. The Morgan fingerprint density at radius 2 is 1.71 bits per heavy atom. The van der Waals surface area contributed by atoms with E-state index in [1.165, 1.54) is 5.56 Å². The van der Waals surface area contributed by atoms with Crippen LogP contribution < -0.4 is 0 Å². The molecule has 0 fully saturated rings. The molecule has 0 bridgehead atoms. The first kappa shape index (κ1) is 17.4. The average molecular weight is 402 g/mol. The number of benzene rings is 2. The number of hydrogen-bond acceptors (Lipinski definition) is 2. The second-order valence-corrected chi connectivity index (χ2v) is 14.1. The third-order valence-corrected chi connectivity index (χ3v) is 6.36. The average Bonchev–Trinajstić information content (AvgIpc) is 2.54. The van der Waals surface area contributed by atoms with Gasteiger partial charge in [0.2, 0.25) is 5.90 Å². The van der Waals surface area contributed by atoms with Crippen LogP contribution in [0, 0.1) is 0 Å². The highest BCUT2D eigenvalue weighted by molar-refractivity contribution is 9.10. The molecule has 2 aromatic carbocycles. The first-order valence-corrected chi connectivity index (χ1v) is 13.0. The Labute approximate surface area is 154 Å². The lowest BCUT2D eigenvalue weighted by atomic mass is 10.00. The summed E-state index contributed by atoms with van der Waals surface area (Å²) in [5, 5.41) is 0. The number of rotatable bonds is 4. The van der Waals surface area contributed by atoms with E-state index in [0.717, 1.165) is 28.4 Å². The SMILES string of the molecule is C[Si](C)(C)C[C@@H]1C[C@@H](c2ccc(Br)cc2)N=C(c2ccccc2)O1. The van der Waals surface area contributed by atoms with Crippen LogP contribution in [0.25, 0.3) is 0 Å². The largest absolute Gasteiger partial charge is 0.474 e. The molecular formula is C20H24BrNOSi. The lowest BCUT2D eigenvalue weighted by Gasteiger charge is -2.32. The molecule has 0 unspecified atom stereocenters. The molecule has 0 aromatic heterocycles. The second-order valence-electron chi connectivity index (χ2n) is 7.61. The van der Waals surface area contributed by atoms with Crippen molar-refractivity contribution in [2.24, 2.45) is 4.99 Å². The maximum atomic E-state index is 6.30. The Balaban J connectivity index is 1.92. The summed E-state index contributed by atoms with van der Waals surface area (Å²) >= 11 is 3.51. The lowest BCUT2D eigenvalue weighted by Crippen LogP contribution is -2.34. The fraction of sp³-hybridized carbons (Fsp3) is 0.350. The van der Waals surface area contributed by atoms with E-state index in [4.69, 9.17) is 9.73 Å². The quantitative estimate of drug-likeness (QED) is 0.570. The number of halogens is 1. The molecule has 24 heavy (non-hydrogen) atoms. The fourth-order valence-electron chi connectivity index (χ4n) is 3.11. The maximum absolute atomic E-state index is 6.30. The molecule has 0 aliphatic carbocycles. The molecule has 0 N–H and O–H groups in total. The molecule has 2 nitrogen and oxygen atoms in total. The smallest absolute Gasteiger partial charge is 0.216 e. The highest BCUT2D eigenvalue weighted by Gasteiger charge is 2.30. The number of aliphatic imine (C=N–C) groups is 1. The van der Waals surface area contributed by atoms with Crippen molar-refractivity contribution in [1.29, 1.82) is 0 Å². The van der Waals surface area contributed by atoms with Crippen LogP contribution >= 0.6 is 15.9 Å². The molecule has 1 aliphatic heterocycles. The molecule has 0 amide bonds. The summed E-state index contributed by atoms with van der Waals surface area (Å²) in [6, 6.07) is 20.1. The molecular weight excluding hydrogens is 378 g/mol. The molecule has 3 rings (SSSR count). The van der Waals surface area contributed by atoms with E-state index < -0.39 is 8.07 Å². The first-order chi connectivity index (χ1) is 11.4. The van der Waals surface area contributed by atoms with Crippen LogP contribution in [0.1, 0.15) is 23.6 Å². The predicted molar refractivity (Wildman–Crippen MR) is 108 cm³/mol. The van der Waals surface area contributed by atoms with Crippen LogP contribution in [-0.2, 0) is 4.74 Å². The van der Waals surface area contributed by atoms with Gasteiger partial charge in [-0.1, -0.05) is 65.9 Å². The van der Waals surface area contributed by atoms with E-state index in [0.29, 0.717) is 0 Å². The topological polar surface area (TPSA) is 21.6 Å². The van der Waals surface area contributed by atoms with Gasteiger partial charge in [0.05, 0.1) is 6.04 Å². The fourth-order valence-corrected chi connectivity index (χ4v) is 4.99. The minimum absolute atomic E-state index is 0.170. The third kappa shape index (κ3) is 4.58. The van der Waals surface area contributed by atoms with Gasteiger partial charge in [0.25, 0.3) is 0 Å². The molecule has 2 aromatic rings. The molecule has 4 heteroatoms. The van der Waals surface area contributed by atoms with E-state index in [2.05, 4.69) is 72.0 Å². The summed E-state index contributed by atoms with van der Waals surface area (Å²) in [5.74, 6) is 0.790. The van der Waals surface area contributed by atoms with Crippen LogP contribution in [0.3, 0.4) is 0 Å². The van der Waals surface area contributed by atoms with Crippen molar-refractivity contribution >= 4 is 29.9 Å². The summed E-state index contributed by atoms with van der Waals surface area (Å²) in [5.41, 5.74) is 2.33. The summed E-state index contributed by atoms with van der Waals surface area (Å²) in [6.45, 7) is 7.21. The number of nitrogens with zero attached hydrogens (tertiary/aromatic N) is 1. The van der Waals surface area contributed by atoms with E-state index in [9.17, 15) is 0 Å². The van der Waals surface area contributed by atoms with Crippen molar-refractivity contribution < 1.29 is 4.74 Å². The Bertz CT molecular complexity index is 707. The Kier molecular flexibility index (Phi) is 5.26. The number of hydrogen-bond donors (Lipinski definition) is 0. The van der Waals surface area contributed by atoms with Crippen molar-refractivity contribution in [2.45, 2.75) is 44.3 Å². The summed E-state index contributed by atoms with van der Waals surface area (Å²) in [7, 11) is -1.20. The van der Waals surface area contributed by atoms with Crippen molar-refractivity contribution in [3.63, 3.8) is 0 Å². The van der Waals surface area contributed by atoms with E-state index in [1.54, 1.807) is 0 Å². The monoisotopic (exact) mass is 401 g/mol. The predicted octanol–water partition coefficient (Wildman–Crippen LogP) is 6.06. The van der Waals surface area contributed by atoms with Crippen molar-refractivity contribution in [3.05, 3.63) is 70.2 Å². The van der Waals surface area contributed by atoms with E-state index in [-0.39, 0.29) is 12.1 Å². The standard InChI is InChI=1S/C20H24BrNOSi/c1-24(2,3)14-18-13-19(15-9-11-17(21)12-10-15)22-20(23-18)16-7-5-4-6-8-16/h4-12,18-19H,13-14H2,1-3H3/t18-,19-/m0/s1. The van der Waals surface area contributed by atoms with Gasteiger partial charge in [-0.3, -0.25) is 0 Å². The molecule has 0 saturated carbocycles. The van der Waals surface area contributed by atoms with E-state index in [1.807, 2.05) is 18.2 Å². The zero-order chi connectivity index (χ0) is 17.2. The van der Waals surface area contributed by atoms with Gasteiger partial charge in [0, 0.05) is 24.5 Å². The van der Waals surface area contributed by atoms with E-state index >= 15 is 0 Å². The van der Waals surface area contributed by atoms with Crippen LogP contribution in [0.4, 0.5) is 0 Å². The molecule has 126 valence electrons. The minimum atomic E-state index is -1.20. The normalized spacial score (nSPS) is 21.1. The van der Waals surface area contributed by atoms with Crippen molar-refractivity contribution in [1.82, 2.24) is 0 Å². The highest BCUT2D eigenvalue weighted by Crippen LogP contribution is 2.33. The molecule has 2 atom stereocenters. The van der Waals surface area contributed by atoms with Gasteiger partial charge >= 0.3 is 0 Å². The van der Waals surface area contributed by atoms with Crippen LogP contribution in [0.2, 0.25) is 25.7 Å². The summed E-state index contributed by atoms with van der Waals surface area (Å²) in [4.78, 5) is 4.93. The molecule has 1 aliphatic rings. The van der Waals surface area contributed by atoms with Gasteiger partial charge in [0.1, 0.15) is 6.10 Å². The van der Waals surface area contributed by atoms with Gasteiger partial charge in [-0.15, -0.1) is 0 Å². The van der Waals surface area contributed by atoms with Gasteiger partial charge in [-0.25, -0.2) is 4.99 Å². The van der Waals surface area contributed by atoms with Gasteiger partial charge in [0.15, 0.2) is 0 Å². The second kappa shape index (κ2) is 7.24. The minimum Gasteiger partial charge on any atom is -0.474 e. The van der Waals surface area contributed by atoms with Crippen LogP contribution in [-0.4, -0.2) is 20.1 Å². The van der Waals surface area contributed by atoms with Gasteiger partial charge in [-0.2, -0.15) is 0 Å². The van der Waals surface area contributed by atoms with Gasteiger partial charge < -0.3 is 4.74 Å². The Morgan fingerprint density at radius 1 is 1.04 bits per heavy atom. The third-order valence-electron chi connectivity index (χ3n) is 4.15. The molecule has 1 heterocycles. The Hall–Kier alpha value is -1.39. The zero-order valence-corrected chi connectivity index (χ0v) is 17.1. The zero-order valence-electron chi connectivity index (χ0n) is 14.5. The maximum Gasteiger partial charge on any atom is 0.216 e. The van der Waals surface area contributed by atoms with Crippen molar-refractivity contribution in [2.75, 3.05) is 0 Å². The van der Waals surface area contributed by atoms with Crippen LogP contribution in [0.15, 0.2) is 64.1 Å². The molecule has 0 spiro atoms. The Morgan fingerprint density at radius 3 is 2.33 bits per heavy atom. The van der Waals surface area contributed by atoms with Gasteiger partial charge in [-0.05, 0) is 35.9 Å². The molecule has 0 saturated heterocycles.